The van der Waals surface area contributed by atoms with Crippen molar-refractivity contribution < 1.29 is 113 Å². The molecule has 0 fully saturated rings. The quantitative estimate of drug-likeness (QED) is 0.117. The first-order valence-electron chi connectivity index (χ1n) is 23.4. The summed E-state index contributed by atoms with van der Waals surface area (Å²) in [5.74, 6) is -6.28. The Morgan fingerprint density at radius 2 is 0.616 bits per heavy atom. The van der Waals surface area contributed by atoms with Gasteiger partial charge in [-0.3, -0.25) is 41.3 Å². The smallest absolute Gasteiger partial charge is 0.305 e. The summed E-state index contributed by atoms with van der Waals surface area (Å²) in [6, 6.07) is 43.9. The summed E-state index contributed by atoms with van der Waals surface area (Å²) in [6.45, 7) is 0. The molecule has 447 valence electrons. The molecule has 2 atom stereocenters. The van der Waals surface area contributed by atoms with Crippen molar-refractivity contribution in [1.29, 1.82) is 0 Å². The zero-order chi connectivity index (χ0) is 59.2. The van der Waals surface area contributed by atoms with Gasteiger partial charge in [0.2, 0.25) is 18.5 Å². The summed E-state index contributed by atoms with van der Waals surface area (Å²) in [5, 5.41) is 27.0. The van der Waals surface area contributed by atoms with Gasteiger partial charge >= 0.3 is 12.4 Å². The van der Waals surface area contributed by atoms with E-state index in [4.69, 9.17) is 0 Å². The summed E-state index contributed by atoms with van der Waals surface area (Å²) in [4.78, 5) is 30.2. The minimum atomic E-state index is -4.55. The van der Waals surface area contributed by atoms with Crippen molar-refractivity contribution in [2.75, 3.05) is 0 Å². The molecule has 0 spiro atoms. The number of azo groups is 2. The normalized spacial score (nSPS) is 14.1. The Morgan fingerprint density at radius 1 is 0.337 bits per heavy atom. The van der Waals surface area contributed by atoms with E-state index < -0.39 is 71.3 Å². The van der Waals surface area contributed by atoms with Crippen LogP contribution in [0.3, 0.4) is 0 Å². The third-order valence-corrected chi connectivity index (χ3v) is 10.1. The number of rotatable bonds is 6. The molecule has 12 rings (SSSR count). The SMILES string of the molecule is FC(F)(F)C1=NC(c2ccccn2)N=N1.FC(F)(F)C1=NC(c2ccccn2)N=N1.Fc1c[c-]c(-c2ccccn2)c(F)c1.Fc1c[c-]c(-c2ccccn2)c(F)c1.Fc1c[c-]c(-c2ccccn2)c(F)c1.[Ir].[Ir].[Ir].c1ccc(C2N=NN=N2)nc1. The van der Waals surface area contributed by atoms with E-state index in [1.807, 2.05) is 18.2 Å². The van der Waals surface area contributed by atoms with E-state index in [1.54, 1.807) is 116 Å². The van der Waals surface area contributed by atoms with E-state index in [0.29, 0.717) is 28.5 Å². The Labute approximate surface area is 520 Å². The molecule has 3 aliphatic rings. The van der Waals surface area contributed by atoms with Crippen molar-refractivity contribution in [3.8, 4) is 33.8 Å². The van der Waals surface area contributed by atoms with Gasteiger partial charge in [0.05, 0.1) is 17.1 Å². The van der Waals surface area contributed by atoms with Gasteiger partial charge in [-0.15, -0.1) is 56.9 Å². The number of aromatic nitrogens is 6. The summed E-state index contributed by atoms with van der Waals surface area (Å²) >= 11 is 0. The number of nitrogens with zero attached hydrogens (tertiary/aromatic N) is 16. The molecule has 0 aliphatic carbocycles. The van der Waals surface area contributed by atoms with Crippen molar-refractivity contribution in [2.45, 2.75) is 30.8 Å². The molecule has 0 bridgehead atoms. The maximum atomic E-state index is 13.2. The van der Waals surface area contributed by atoms with Crippen LogP contribution in [0.1, 0.15) is 35.6 Å². The number of benzene rings is 3. The number of alkyl halides is 6. The zero-order valence-electron chi connectivity index (χ0n) is 42.7. The molecule has 0 saturated heterocycles. The van der Waals surface area contributed by atoms with Crippen LogP contribution in [0.5, 0.6) is 0 Å². The molecule has 16 nitrogen and oxygen atoms in total. The number of pyridine rings is 6. The molecule has 9 aromatic rings. The van der Waals surface area contributed by atoms with Crippen LogP contribution in [0.15, 0.2) is 234 Å². The van der Waals surface area contributed by atoms with Crippen molar-refractivity contribution in [2.24, 2.45) is 51.1 Å². The fourth-order valence-electron chi connectivity index (χ4n) is 6.39. The molecule has 6 aromatic heterocycles. The number of hydrogen-bond donors (Lipinski definition) is 0. The topological polar surface area (TPSA) is 201 Å². The molecule has 0 amide bonds. The molecular formula is C55H33F12Ir3N16-3. The minimum Gasteiger partial charge on any atom is -0.305 e. The van der Waals surface area contributed by atoms with Crippen LogP contribution in [0.25, 0.3) is 33.8 Å². The van der Waals surface area contributed by atoms with Crippen molar-refractivity contribution >= 4 is 11.7 Å². The monoisotopic (exact) mass is 1720 g/mol. The molecule has 0 N–H and O–H groups in total. The van der Waals surface area contributed by atoms with E-state index in [1.165, 1.54) is 12.4 Å². The predicted octanol–water partition coefficient (Wildman–Crippen LogP) is 15.4. The Morgan fingerprint density at radius 3 is 0.849 bits per heavy atom. The molecule has 3 radical (unpaired) electrons. The summed E-state index contributed by atoms with van der Waals surface area (Å²) in [5.41, 5.74) is 3.38. The van der Waals surface area contributed by atoms with Gasteiger partial charge in [-0.2, -0.15) is 36.6 Å². The van der Waals surface area contributed by atoms with Gasteiger partial charge in [0.15, 0.2) is 0 Å². The maximum Gasteiger partial charge on any atom is 0.453 e. The predicted molar refractivity (Wildman–Crippen MR) is 273 cm³/mol. The molecule has 86 heavy (non-hydrogen) atoms. The van der Waals surface area contributed by atoms with E-state index in [0.717, 1.165) is 42.1 Å². The fourth-order valence-corrected chi connectivity index (χ4v) is 6.39. The largest absolute Gasteiger partial charge is 0.453 e. The third-order valence-electron chi connectivity index (χ3n) is 10.1. The van der Waals surface area contributed by atoms with Crippen molar-refractivity contribution in [3.05, 3.63) is 253 Å². The van der Waals surface area contributed by atoms with Gasteiger partial charge < -0.3 is 15.0 Å². The van der Waals surface area contributed by atoms with Crippen LogP contribution in [0, 0.1) is 53.1 Å². The second-order valence-corrected chi connectivity index (χ2v) is 15.9. The summed E-state index contributed by atoms with van der Waals surface area (Å²) in [7, 11) is 0. The van der Waals surface area contributed by atoms with Crippen LogP contribution >= 0.6 is 0 Å². The second-order valence-electron chi connectivity index (χ2n) is 15.9. The van der Waals surface area contributed by atoms with E-state index in [9.17, 15) is 52.7 Å². The van der Waals surface area contributed by atoms with Crippen LogP contribution < -0.4 is 0 Å². The van der Waals surface area contributed by atoms with Crippen molar-refractivity contribution in [1.82, 2.24) is 29.9 Å². The third kappa shape index (κ3) is 21.5. The maximum absolute atomic E-state index is 13.2. The Hall–Kier alpha value is -8.59. The molecule has 3 aromatic carbocycles. The summed E-state index contributed by atoms with van der Waals surface area (Å²) in [6.07, 6.45) is -2.09. The van der Waals surface area contributed by atoms with E-state index >= 15 is 0 Å². The van der Waals surface area contributed by atoms with Crippen molar-refractivity contribution in [3.63, 3.8) is 0 Å². The van der Waals surface area contributed by atoms with Gasteiger partial charge in [-0.1, -0.05) is 89.5 Å². The van der Waals surface area contributed by atoms with Gasteiger partial charge in [0.25, 0.3) is 11.7 Å². The number of aliphatic imine (C=N–C) groups is 2. The summed E-state index contributed by atoms with van der Waals surface area (Å²) < 4.78 is 150. The molecule has 2 unspecified atom stereocenters. The van der Waals surface area contributed by atoms with Crippen LogP contribution in [0.4, 0.5) is 52.7 Å². The average Bonchev–Trinajstić information content (AvgIpc) is 4.26. The minimum absolute atomic E-state index is 0. The Balaban J connectivity index is 0.000000220. The molecule has 31 heteroatoms. The van der Waals surface area contributed by atoms with Crippen LogP contribution in [-0.2, 0) is 60.3 Å². The first kappa shape index (κ1) is 69.9. The van der Waals surface area contributed by atoms with Gasteiger partial charge in [-0.05, 0) is 82.1 Å². The first-order chi connectivity index (χ1) is 39.9. The molecular weight excluding hydrogens is 1690 g/mol. The van der Waals surface area contributed by atoms with E-state index in [-0.39, 0.29) is 83.2 Å². The van der Waals surface area contributed by atoms with Gasteiger partial charge in [0.1, 0.15) is 0 Å². The molecule has 9 heterocycles. The zero-order valence-corrected chi connectivity index (χ0v) is 49.9. The second kappa shape index (κ2) is 34.4. The van der Waals surface area contributed by atoms with E-state index in [2.05, 4.69) is 99.2 Å². The fraction of sp³-hybridized carbons (Fsp3) is 0.0909. The molecule has 3 aliphatic heterocycles. The Kier molecular flexibility index (Phi) is 27.9. The molecule has 0 saturated carbocycles. The first-order valence-corrected chi connectivity index (χ1v) is 23.4. The van der Waals surface area contributed by atoms with Crippen LogP contribution in [-0.4, -0.2) is 53.9 Å². The van der Waals surface area contributed by atoms with Gasteiger partial charge in [0, 0.05) is 132 Å². The van der Waals surface area contributed by atoms with Gasteiger partial charge in [-0.25, -0.2) is 9.98 Å². The average molecular weight is 1720 g/mol. The number of hydrogen-bond acceptors (Lipinski definition) is 16. The van der Waals surface area contributed by atoms with Crippen LogP contribution in [0.2, 0.25) is 0 Å². The Bertz CT molecular complexity index is 3420. The number of halogens is 12. The number of amidine groups is 2. The standard InChI is InChI=1S/3C11H6F2N.2C8H5F3N4.C6H5N5.3Ir/c3*12-8-4-5-9(10(13)7-8)11-3-1-2-6-14-11;2*9-8(10,11)7-13-6(14-15-7)5-3-1-2-4-12-5;1-2-4-7-5(3-1)6-8-10-11-9-6;;;/h3*1-4,6-7H;2*1-4,6H;1-4,6H;;;/q3*-1;;;;;;.